The highest BCUT2D eigenvalue weighted by molar-refractivity contribution is 6.18. The average molecular weight is 359 g/mol. The first-order valence-electron chi connectivity index (χ1n) is 9.38. The summed E-state index contributed by atoms with van der Waals surface area (Å²) in [5.41, 5.74) is -1.81. The Morgan fingerprint density at radius 3 is 1.74 bits per heavy atom. The van der Waals surface area contributed by atoms with Gasteiger partial charge < -0.3 is 0 Å². The highest BCUT2D eigenvalue weighted by atomic mass is 16.2. The van der Waals surface area contributed by atoms with Crippen molar-refractivity contribution in [1.82, 2.24) is 13.9 Å². The molecule has 2 spiro atoms. The van der Waals surface area contributed by atoms with Crippen LogP contribution in [0.1, 0.15) is 12.1 Å². The Morgan fingerprint density at radius 2 is 1.22 bits per heavy atom. The van der Waals surface area contributed by atoms with Crippen LogP contribution in [-0.4, -0.2) is 25.5 Å². The van der Waals surface area contributed by atoms with Gasteiger partial charge in [-0.05, 0) is 48.0 Å². The fourth-order valence-corrected chi connectivity index (χ4v) is 8.21. The molecule has 5 aliphatic carbocycles. The first-order valence-corrected chi connectivity index (χ1v) is 9.38. The van der Waals surface area contributed by atoms with Gasteiger partial charge in [0.1, 0.15) is 0 Å². The van der Waals surface area contributed by atoms with Crippen LogP contribution in [0.25, 0.3) is 5.69 Å². The van der Waals surface area contributed by atoms with Gasteiger partial charge in [-0.3, -0.25) is 9.59 Å². The van der Waals surface area contributed by atoms with Crippen LogP contribution in [0.3, 0.4) is 0 Å². The van der Waals surface area contributed by atoms with E-state index >= 15 is 0 Å². The third-order valence-electron chi connectivity index (χ3n) is 8.57. The maximum Gasteiger partial charge on any atom is 0.352 e. The molecule has 2 aromatic rings. The molecule has 1 aromatic heterocycles. The van der Waals surface area contributed by atoms with Crippen LogP contribution in [0.2, 0.25) is 0 Å². The fourth-order valence-electron chi connectivity index (χ4n) is 8.21. The highest BCUT2D eigenvalue weighted by Gasteiger charge is 3.07. The molecule has 3 heterocycles. The molecule has 27 heavy (non-hydrogen) atoms. The van der Waals surface area contributed by atoms with E-state index in [1.165, 1.54) is 26.1 Å². The molecule has 9 rings (SSSR count). The van der Waals surface area contributed by atoms with Crippen molar-refractivity contribution in [1.29, 1.82) is 0 Å². The van der Waals surface area contributed by atoms with Gasteiger partial charge in [-0.2, -0.15) is 0 Å². The van der Waals surface area contributed by atoms with Crippen LogP contribution in [0, 0.1) is 34.5 Å². The third kappa shape index (κ3) is 0.890. The Morgan fingerprint density at radius 1 is 0.704 bits per heavy atom. The Kier molecular flexibility index (Phi) is 1.63. The molecule has 8 atom stereocenters. The molecule has 2 unspecified atom stereocenters. The quantitative estimate of drug-likeness (QED) is 0.723. The average Bonchev–Trinajstić information content (AvgIpc) is 3.45. The summed E-state index contributed by atoms with van der Waals surface area (Å²) in [7, 11) is 0. The van der Waals surface area contributed by atoms with Crippen molar-refractivity contribution in [3.05, 3.63) is 63.5 Å². The van der Waals surface area contributed by atoms with Crippen LogP contribution in [0.5, 0.6) is 0 Å². The van der Waals surface area contributed by atoms with E-state index in [2.05, 4.69) is 0 Å². The molecule has 1 aromatic carbocycles. The van der Waals surface area contributed by atoms with Gasteiger partial charge in [-0.1, -0.05) is 18.2 Å². The predicted molar refractivity (Wildman–Crippen MR) is 90.3 cm³/mol. The SMILES string of the molecule is O=C1C=CC(=O)[C@@]23C4C5[C@@H]6[C@H]5[C@H]2n2c(=O)n(-c5ccccc5)c(=O)n2[C@@H]6[C@]143. The number of allylic oxidation sites excluding steroid dienone is 2. The molecule has 0 radical (unpaired) electrons. The molecule has 132 valence electrons. The summed E-state index contributed by atoms with van der Waals surface area (Å²) in [5, 5.41) is 0. The summed E-state index contributed by atoms with van der Waals surface area (Å²) in [5.74, 6) is 0.796. The number of hydrogen-bond acceptors (Lipinski definition) is 4. The van der Waals surface area contributed by atoms with E-state index in [1.54, 1.807) is 24.3 Å². The van der Waals surface area contributed by atoms with E-state index in [-0.39, 0.29) is 41.4 Å². The first-order chi connectivity index (χ1) is 13.1. The molecule has 0 amide bonds. The zero-order valence-corrected chi connectivity index (χ0v) is 14.0. The molecule has 2 bridgehead atoms. The fraction of sp³-hybridized carbons (Fsp3) is 0.400. The van der Waals surface area contributed by atoms with Crippen LogP contribution in [-0.2, 0) is 9.59 Å². The van der Waals surface area contributed by atoms with Crippen molar-refractivity contribution >= 4 is 11.6 Å². The number of aromatic nitrogens is 3. The Hall–Kier alpha value is -2.96. The van der Waals surface area contributed by atoms with Crippen molar-refractivity contribution in [3.8, 4) is 5.69 Å². The lowest BCUT2D eigenvalue weighted by Gasteiger charge is -2.47. The van der Waals surface area contributed by atoms with Gasteiger partial charge in [0.2, 0.25) is 0 Å². The maximum atomic E-state index is 13.3. The molecular formula is C20H13N3O4. The number of benzene rings is 1. The van der Waals surface area contributed by atoms with E-state index in [1.807, 2.05) is 6.07 Å². The molecule has 0 saturated heterocycles. The molecule has 2 aliphatic heterocycles. The number of ketones is 2. The van der Waals surface area contributed by atoms with E-state index < -0.39 is 22.2 Å². The molecule has 7 nitrogen and oxygen atoms in total. The van der Waals surface area contributed by atoms with Gasteiger partial charge in [0.15, 0.2) is 11.6 Å². The lowest BCUT2D eigenvalue weighted by molar-refractivity contribution is -0.140. The maximum absolute atomic E-state index is 13.3. The smallest absolute Gasteiger partial charge is 0.294 e. The monoisotopic (exact) mass is 359 g/mol. The second kappa shape index (κ2) is 3.32. The minimum Gasteiger partial charge on any atom is -0.294 e. The topological polar surface area (TPSA) is 83.1 Å². The summed E-state index contributed by atoms with van der Waals surface area (Å²) >= 11 is 0. The highest BCUT2D eigenvalue weighted by Crippen LogP contribution is 3.03. The number of carbonyl (C=O) groups excluding carboxylic acids is 2. The van der Waals surface area contributed by atoms with Crippen LogP contribution in [0.15, 0.2) is 52.1 Å². The van der Waals surface area contributed by atoms with Crippen molar-refractivity contribution in [2.75, 3.05) is 0 Å². The molecular weight excluding hydrogens is 346 g/mol. The summed E-state index contributed by atoms with van der Waals surface area (Å²) in [6.07, 6.45) is 2.81. The van der Waals surface area contributed by atoms with Crippen molar-refractivity contribution in [2.24, 2.45) is 34.5 Å². The number of nitrogens with zero attached hydrogens (tertiary/aromatic N) is 3. The van der Waals surface area contributed by atoms with Crippen molar-refractivity contribution in [2.45, 2.75) is 12.1 Å². The number of rotatable bonds is 1. The van der Waals surface area contributed by atoms with Crippen LogP contribution < -0.4 is 11.4 Å². The van der Waals surface area contributed by atoms with Gasteiger partial charge in [-0.25, -0.2) is 23.5 Å². The van der Waals surface area contributed by atoms with E-state index in [0.717, 1.165) is 0 Å². The molecule has 4 saturated carbocycles. The molecule has 7 heteroatoms. The normalized spacial score (nSPS) is 47.9. The van der Waals surface area contributed by atoms with Gasteiger partial charge in [-0.15, -0.1) is 0 Å². The van der Waals surface area contributed by atoms with Gasteiger partial charge in [0.25, 0.3) is 0 Å². The minimum atomic E-state index is -0.771. The summed E-state index contributed by atoms with van der Waals surface area (Å²) in [6, 6.07) is 8.14. The van der Waals surface area contributed by atoms with E-state index in [0.29, 0.717) is 11.6 Å². The Labute approximate surface area is 151 Å². The van der Waals surface area contributed by atoms with Gasteiger partial charge in [0, 0.05) is 0 Å². The largest absolute Gasteiger partial charge is 0.352 e. The zero-order valence-electron chi connectivity index (χ0n) is 14.0. The van der Waals surface area contributed by atoms with E-state index in [4.69, 9.17) is 0 Å². The molecule has 7 aliphatic rings. The van der Waals surface area contributed by atoms with Gasteiger partial charge in [0.05, 0.1) is 28.6 Å². The third-order valence-corrected chi connectivity index (χ3v) is 8.57. The lowest BCUT2D eigenvalue weighted by Crippen LogP contribution is -2.57. The first kappa shape index (κ1) is 13.2. The standard InChI is InChI=1S/C20H13N3O4/c24-9-6-7-10(25)20-14-11-12-13(11)16(20)23-18(27)21(8-4-2-1-3-5-8)17(26)22(23)15(12)19(9,14)20/h1-7,11-16H/t11?,12-,13+,14?,15+,16-,19+,20-. The lowest BCUT2D eigenvalue weighted by atomic mass is 9.65. The molecule has 4 fully saturated rings. The second-order valence-electron chi connectivity index (χ2n) is 8.82. The van der Waals surface area contributed by atoms with Crippen molar-refractivity contribution < 1.29 is 9.59 Å². The second-order valence-corrected chi connectivity index (χ2v) is 8.82. The van der Waals surface area contributed by atoms with Crippen molar-refractivity contribution in [3.63, 3.8) is 0 Å². The van der Waals surface area contributed by atoms with Gasteiger partial charge >= 0.3 is 11.4 Å². The number of hydrogen-bond donors (Lipinski definition) is 0. The predicted octanol–water partition coefficient (Wildman–Crippen LogP) is 0.0965. The zero-order chi connectivity index (χ0) is 18.0. The summed E-state index contributed by atoms with van der Waals surface area (Å²) in [6.45, 7) is 0. The Bertz CT molecular complexity index is 1240. The summed E-state index contributed by atoms with van der Waals surface area (Å²) in [4.78, 5) is 52.6. The number of para-hydroxylation sites is 1. The molecule has 0 N–H and O–H groups in total. The minimum absolute atomic E-state index is 0.0152. The Balaban J connectivity index is 1.50. The van der Waals surface area contributed by atoms with Crippen LogP contribution in [0.4, 0.5) is 0 Å². The number of carbonyl (C=O) groups is 2. The van der Waals surface area contributed by atoms with Crippen LogP contribution >= 0.6 is 0 Å². The van der Waals surface area contributed by atoms with E-state index in [9.17, 15) is 19.2 Å². The summed E-state index contributed by atoms with van der Waals surface area (Å²) < 4.78 is 4.26.